The lowest BCUT2D eigenvalue weighted by Gasteiger charge is -2.09. The first-order valence-electron chi connectivity index (χ1n) is 6.72. The minimum atomic E-state index is -0.436. The summed E-state index contributed by atoms with van der Waals surface area (Å²) in [6.45, 7) is 12.5. The molecular formula is C14H24N2O4. The maximum atomic E-state index is 11.4. The van der Waals surface area contributed by atoms with Crippen LogP contribution in [0.25, 0.3) is 0 Å². The average molecular weight is 284 g/mol. The fourth-order valence-electron chi connectivity index (χ4n) is 1.32. The number of esters is 1. The highest BCUT2D eigenvalue weighted by Crippen LogP contribution is 1.95. The summed E-state index contributed by atoms with van der Waals surface area (Å²) in [6, 6.07) is 0. The molecule has 0 aromatic carbocycles. The van der Waals surface area contributed by atoms with Crippen molar-refractivity contribution in [2.45, 2.75) is 26.7 Å². The van der Waals surface area contributed by atoms with E-state index in [4.69, 9.17) is 9.47 Å². The summed E-state index contributed by atoms with van der Waals surface area (Å²) in [5.41, 5.74) is 0.251. The van der Waals surface area contributed by atoms with Crippen LogP contribution in [0, 0.1) is 0 Å². The summed E-state index contributed by atoms with van der Waals surface area (Å²) in [7, 11) is 0. The van der Waals surface area contributed by atoms with E-state index in [0.717, 1.165) is 12.8 Å². The van der Waals surface area contributed by atoms with Crippen LogP contribution >= 0.6 is 0 Å². The molecule has 0 saturated heterocycles. The van der Waals surface area contributed by atoms with Gasteiger partial charge in [0.05, 0.1) is 13.2 Å². The predicted molar refractivity (Wildman–Crippen MR) is 76.8 cm³/mol. The molecule has 0 unspecified atom stereocenters. The molecule has 0 atom stereocenters. The van der Waals surface area contributed by atoms with Gasteiger partial charge in [-0.05, 0) is 26.7 Å². The quantitative estimate of drug-likeness (QED) is 0.257. The minimum Gasteiger partial charge on any atom is -0.489 e. The maximum absolute atomic E-state index is 11.4. The van der Waals surface area contributed by atoms with E-state index in [1.807, 2.05) is 0 Å². The van der Waals surface area contributed by atoms with Gasteiger partial charge in [0.15, 0.2) is 5.76 Å². The molecule has 0 aromatic heterocycles. The second kappa shape index (κ2) is 10.9. The lowest BCUT2D eigenvalue weighted by molar-refractivity contribution is -0.138. The van der Waals surface area contributed by atoms with E-state index in [-0.39, 0.29) is 17.4 Å². The monoisotopic (exact) mass is 284 g/mol. The Morgan fingerprint density at radius 1 is 0.950 bits per heavy atom. The van der Waals surface area contributed by atoms with Crippen molar-refractivity contribution in [2.24, 2.45) is 0 Å². The SMILES string of the molecule is C=C(NCCCCNC(=O)C(=C)OCC)C(=O)OCC. The summed E-state index contributed by atoms with van der Waals surface area (Å²) in [5.74, 6) is -0.606. The zero-order valence-corrected chi connectivity index (χ0v) is 12.3. The second-order valence-electron chi connectivity index (χ2n) is 3.94. The molecule has 0 bridgehead atoms. The largest absolute Gasteiger partial charge is 0.489 e. The number of carbonyl (C=O) groups excluding carboxylic acids is 2. The Morgan fingerprint density at radius 3 is 2.05 bits per heavy atom. The second-order valence-corrected chi connectivity index (χ2v) is 3.94. The van der Waals surface area contributed by atoms with Gasteiger partial charge >= 0.3 is 5.97 Å². The molecule has 0 heterocycles. The Labute approximate surface area is 120 Å². The molecular weight excluding hydrogens is 260 g/mol. The summed E-state index contributed by atoms with van der Waals surface area (Å²) in [6.07, 6.45) is 1.56. The van der Waals surface area contributed by atoms with Crippen molar-refractivity contribution in [2.75, 3.05) is 26.3 Å². The van der Waals surface area contributed by atoms with E-state index in [9.17, 15) is 9.59 Å². The molecule has 20 heavy (non-hydrogen) atoms. The number of unbranched alkanes of at least 4 members (excludes halogenated alkanes) is 1. The molecule has 1 amide bonds. The average Bonchev–Trinajstić information content (AvgIpc) is 2.42. The fourth-order valence-corrected chi connectivity index (χ4v) is 1.32. The van der Waals surface area contributed by atoms with E-state index >= 15 is 0 Å². The fraction of sp³-hybridized carbons (Fsp3) is 0.571. The third-order valence-corrected chi connectivity index (χ3v) is 2.32. The minimum absolute atomic E-state index is 0.126. The molecule has 0 spiro atoms. The number of hydrogen-bond acceptors (Lipinski definition) is 5. The van der Waals surface area contributed by atoms with Gasteiger partial charge in [-0.3, -0.25) is 4.79 Å². The molecule has 6 heteroatoms. The van der Waals surface area contributed by atoms with Crippen LogP contribution in [0.1, 0.15) is 26.7 Å². The van der Waals surface area contributed by atoms with Crippen LogP contribution in [-0.4, -0.2) is 38.2 Å². The standard InChI is InChI=1S/C14H24N2O4/c1-5-19-12(4)13(17)16-10-8-7-9-15-11(3)14(18)20-6-2/h15H,3-10H2,1-2H3,(H,16,17). The van der Waals surface area contributed by atoms with E-state index in [0.29, 0.717) is 26.3 Å². The van der Waals surface area contributed by atoms with Crippen molar-refractivity contribution >= 4 is 11.9 Å². The van der Waals surface area contributed by atoms with E-state index in [2.05, 4.69) is 23.8 Å². The number of ether oxygens (including phenoxy) is 2. The van der Waals surface area contributed by atoms with Crippen LogP contribution < -0.4 is 10.6 Å². The molecule has 0 radical (unpaired) electrons. The zero-order valence-electron chi connectivity index (χ0n) is 12.3. The first-order valence-corrected chi connectivity index (χ1v) is 6.72. The Bertz CT molecular complexity index is 319. The Balaban J connectivity index is 3.58. The highest BCUT2D eigenvalue weighted by molar-refractivity contribution is 5.90. The topological polar surface area (TPSA) is 76.7 Å². The lowest BCUT2D eigenvalue weighted by Crippen LogP contribution is -2.27. The normalized spacial score (nSPS) is 9.50. The maximum Gasteiger partial charge on any atom is 0.353 e. The molecule has 0 fully saturated rings. The van der Waals surface area contributed by atoms with Gasteiger partial charge in [0.1, 0.15) is 5.70 Å². The molecule has 114 valence electrons. The van der Waals surface area contributed by atoms with Crippen LogP contribution in [0.3, 0.4) is 0 Å². The van der Waals surface area contributed by atoms with Gasteiger partial charge in [0.25, 0.3) is 5.91 Å². The molecule has 0 aliphatic heterocycles. The highest BCUT2D eigenvalue weighted by Gasteiger charge is 2.07. The first kappa shape index (κ1) is 18.0. The van der Waals surface area contributed by atoms with Crippen LogP contribution in [0.4, 0.5) is 0 Å². The predicted octanol–water partition coefficient (Wildman–Crippen LogP) is 1.10. The number of carbonyl (C=O) groups is 2. The van der Waals surface area contributed by atoms with Gasteiger partial charge in [0, 0.05) is 13.1 Å². The third kappa shape index (κ3) is 8.18. The van der Waals surface area contributed by atoms with Crippen molar-refractivity contribution in [1.82, 2.24) is 10.6 Å². The van der Waals surface area contributed by atoms with Gasteiger partial charge in [0.2, 0.25) is 0 Å². The van der Waals surface area contributed by atoms with Gasteiger partial charge in [-0.2, -0.15) is 0 Å². The van der Waals surface area contributed by atoms with Crippen molar-refractivity contribution in [3.8, 4) is 0 Å². The number of hydrogen-bond donors (Lipinski definition) is 2. The Hall–Kier alpha value is -1.98. The molecule has 0 aliphatic carbocycles. The Morgan fingerprint density at radius 2 is 1.50 bits per heavy atom. The summed E-state index contributed by atoms with van der Waals surface area (Å²) >= 11 is 0. The van der Waals surface area contributed by atoms with Crippen LogP contribution in [0.2, 0.25) is 0 Å². The number of nitrogens with one attached hydrogen (secondary N) is 2. The van der Waals surface area contributed by atoms with Crippen LogP contribution in [-0.2, 0) is 19.1 Å². The Kier molecular flexibility index (Phi) is 9.82. The molecule has 0 aliphatic rings. The van der Waals surface area contributed by atoms with E-state index in [1.165, 1.54) is 0 Å². The highest BCUT2D eigenvalue weighted by atomic mass is 16.5. The van der Waals surface area contributed by atoms with Gasteiger partial charge in [-0.25, -0.2) is 4.79 Å². The first-order chi connectivity index (χ1) is 9.52. The zero-order chi connectivity index (χ0) is 15.4. The van der Waals surface area contributed by atoms with Crippen molar-refractivity contribution in [3.05, 3.63) is 24.6 Å². The molecule has 0 saturated carbocycles. The number of amides is 1. The van der Waals surface area contributed by atoms with Crippen LogP contribution in [0.15, 0.2) is 24.6 Å². The molecule has 0 rings (SSSR count). The summed E-state index contributed by atoms with van der Waals surface area (Å²) in [4.78, 5) is 22.6. The van der Waals surface area contributed by atoms with Crippen molar-refractivity contribution in [1.29, 1.82) is 0 Å². The summed E-state index contributed by atoms with van der Waals surface area (Å²) in [5, 5.41) is 5.57. The number of rotatable bonds is 11. The smallest absolute Gasteiger partial charge is 0.353 e. The van der Waals surface area contributed by atoms with Crippen molar-refractivity contribution in [3.63, 3.8) is 0 Å². The van der Waals surface area contributed by atoms with E-state index < -0.39 is 5.97 Å². The lowest BCUT2D eigenvalue weighted by atomic mass is 10.3. The van der Waals surface area contributed by atoms with Crippen molar-refractivity contribution < 1.29 is 19.1 Å². The van der Waals surface area contributed by atoms with Gasteiger partial charge in [-0.1, -0.05) is 13.2 Å². The molecule has 6 nitrogen and oxygen atoms in total. The summed E-state index contributed by atoms with van der Waals surface area (Å²) < 4.78 is 9.76. The van der Waals surface area contributed by atoms with Gasteiger partial charge in [-0.15, -0.1) is 0 Å². The molecule has 0 aromatic rings. The van der Waals surface area contributed by atoms with Gasteiger partial charge < -0.3 is 20.1 Å². The van der Waals surface area contributed by atoms with E-state index in [1.54, 1.807) is 13.8 Å². The molecule has 2 N–H and O–H groups in total. The third-order valence-electron chi connectivity index (χ3n) is 2.32. The van der Waals surface area contributed by atoms with Crippen LogP contribution in [0.5, 0.6) is 0 Å².